The second-order valence-corrected chi connectivity index (χ2v) is 4.19. The first-order valence-electron chi connectivity index (χ1n) is 6.07. The molecule has 2 N–H and O–H groups in total. The molecule has 2 aromatic heterocycles. The van der Waals surface area contributed by atoms with Crippen LogP contribution in [0, 0.1) is 5.82 Å². The lowest BCUT2D eigenvalue weighted by molar-refractivity contribution is -0.142. The molecule has 0 fully saturated rings. The number of amides is 1. The fourth-order valence-corrected chi connectivity index (χ4v) is 1.75. The molecule has 0 aromatic carbocycles. The summed E-state index contributed by atoms with van der Waals surface area (Å²) in [6, 6.07) is 0.283. The van der Waals surface area contributed by atoms with Crippen molar-refractivity contribution in [1.82, 2.24) is 20.3 Å². The average Bonchev–Trinajstić information content (AvgIpc) is 2.99. The van der Waals surface area contributed by atoms with E-state index in [1.807, 2.05) is 0 Å². The molecule has 8 heteroatoms. The van der Waals surface area contributed by atoms with Crippen molar-refractivity contribution in [2.75, 3.05) is 7.11 Å². The number of esters is 1. The molecule has 0 radical (unpaired) electrons. The standard InChI is InChI=1S/C13H13FN4O3/c1-21-13(20)11(4-8-5-16-7-17-8)18-12(19)9-2-3-15-6-10(9)14/h2-3,5-7,11H,4H2,1H3,(H,16,17)(H,18,19)/t11-/m0/s1. The number of nitrogens with zero attached hydrogens (tertiary/aromatic N) is 2. The number of methoxy groups -OCH3 is 1. The van der Waals surface area contributed by atoms with Crippen LogP contribution in [0.3, 0.4) is 0 Å². The van der Waals surface area contributed by atoms with Crippen LogP contribution in [-0.4, -0.2) is 40.0 Å². The van der Waals surface area contributed by atoms with E-state index in [1.165, 1.54) is 31.9 Å². The highest BCUT2D eigenvalue weighted by Crippen LogP contribution is 2.06. The number of hydrogen-bond donors (Lipinski definition) is 2. The van der Waals surface area contributed by atoms with Gasteiger partial charge in [-0.3, -0.25) is 9.78 Å². The summed E-state index contributed by atoms with van der Waals surface area (Å²) in [6.07, 6.45) is 5.35. The lowest BCUT2D eigenvalue weighted by atomic mass is 10.1. The predicted octanol–water partition coefficient (Wildman–Crippen LogP) is 0.458. The number of aromatic nitrogens is 3. The van der Waals surface area contributed by atoms with Crippen LogP contribution in [0.15, 0.2) is 31.0 Å². The highest BCUT2D eigenvalue weighted by molar-refractivity contribution is 5.96. The van der Waals surface area contributed by atoms with Gasteiger partial charge in [-0.05, 0) is 6.07 Å². The van der Waals surface area contributed by atoms with Gasteiger partial charge in [-0.25, -0.2) is 14.2 Å². The van der Waals surface area contributed by atoms with Crippen molar-refractivity contribution in [3.63, 3.8) is 0 Å². The van der Waals surface area contributed by atoms with Gasteiger partial charge in [0.25, 0.3) is 5.91 Å². The van der Waals surface area contributed by atoms with Crippen LogP contribution < -0.4 is 5.32 Å². The van der Waals surface area contributed by atoms with Crippen molar-refractivity contribution < 1.29 is 18.7 Å². The first-order chi connectivity index (χ1) is 10.1. The van der Waals surface area contributed by atoms with E-state index in [4.69, 9.17) is 0 Å². The zero-order valence-corrected chi connectivity index (χ0v) is 11.2. The molecular formula is C13H13FN4O3. The van der Waals surface area contributed by atoms with Crippen molar-refractivity contribution in [1.29, 1.82) is 0 Å². The Bertz CT molecular complexity index is 630. The second-order valence-electron chi connectivity index (χ2n) is 4.19. The summed E-state index contributed by atoms with van der Waals surface area (Å²) >= 11 is 0. The normalized spacial score (nSPS) is 11.7. The molecule has 2 heterocycles. The lowest BCUT2D eigenvalue weighted by Gasteiger charge is -2.15. The van der Waals surface area contributed by atoms with Gasteiger partial charge < -0.3 is 15.0 Å². The molecule has 0 bridgehead atoms. The van der Waals surface area contributed by atoms with Gasteiger partial charge in [0, 0.05) is 24.5 Å². The Hall–Kier alpha value is -2.77. The summed E-state index contributed by atoms with van der Waals surface area (Å²) in [4.78, 5) is 33.9. The number of carbonyl (C=O) groups excluding carboxylic acids is 2. The fraction of sp³-hybridized carbons (Fsp3) is 0.231. The first-order valence-corrected chi connectivity index (χ1v) is 6.07. The molecule has 0 saturated carbocycles. The Balaban J connectivity index is 2.13. The van der Waals surface area contributed by atoms with Gasteiger partial charge in [-0.15, -0.1) is 0 Å². The van der Waals surface area contributed by atoms with Crippen molar-refractivity contribution in [3.8, 4) is 0 Å². The third kappa shape index (κ3) is 3.62. The summed E-state index contributed by atoms with van der Waals surface area (Å²) in [6.45, 7) is 0. The molecule has 0 spiro atoms. The molecule has 0 aliphatic heterocycles. The minimum absolute atomic E-state index is 0.158. The topological polar surface area (TPSA) is 97.0 Å². The number of imidazole rings is 1. The van der Waals surface area contributed by atoms with E-state index in [0.29, 0.717) is 5.69 Å². The molecule has 2 rings (SSSR count). The molecule has 1 amide bonds. The van der Waals surface area contributed by atoms with Crippen molar-refractivity contribution in [3.05, 3.63) is 48.1 Å². The Morgan fingerprint density at radius 1 is 1.43 bits per heavy atom. The van der Waals surface area contributed by atoms with Gasteiger partial charge in [-0.2, -0.15) is 0 Å². The number of aromatic amines is 1. The van der Waals surface area contributed by atoms with Crippen LogP contribution >= 0.6 is 0 Å². The number of hydrogen-bond acceptors (Lipinski definition) is 5. The number of ether oxygens (including phenoxy) is 1. The maximum atomic E-state index is 13.5. The SMILES string of the molecule is COC(=O)[C@H](Cc1cnc[nH]1)NC(=O)c1ccncc1F. The van der Waals surface area contributed by atoms with Gasteiger partial charge in [-0.1, -0.05) is 0 Å². The van der Waals surface area contributed by atoms with E-state index in [-0.39, 0.29) is 12.0 Å². The van der Waals surface area contributed by atoms with E-state index in [9.17, 15) is 14.0 Å². The molecule has 1 atom stereocenters. The first kappa shape index (κ1) is 14.6. The highest BCUT2D eigenvalue weighted by Gasteiger charge is 2.24. The number of halogens is 1. The van der Waals surface area contributed by atoms with Crippen LogP contribution in [0.4, 0.5) is 4.39 Å². The summed E-state index contributed by atoms with van der Waals surface area (Å²) in [5.41, 5.74) is 0.449. The molecule has 0 unspecified atom stereocenters. The molecule has 110 valence electrons. The van der Waals surface area contributed by atoms with Crippen molar-refractivity contribution in [2.24, 2.45) is 0 Å². The van der Waals surface area contributed by atoms with Gasteiger partial charge in [0.1, 0.15) is 6.04 Å². The molecule has 2 aromatic rings. The number of rotatable bonds is 5. The largest absolute Gasteiger partial charge is 0.467 e. The van der Waals surface area contributed by atoms with Crippen LogP contribution in [-0.2, 0) is 16.0 Å². The van der Waals surface area contributed by atoms with Crippen molar-refractivity contribution in [2.45, 2.75) is 12.5 Å². The van der Waals surface area contributed by atoms with E-state index in [1.54, 1.807) is 0 Å². The monoisotopic (exact) mass is 292 g/mol. The van der Waals surface area contributed by atoms with Gasteiger partial charge in [0.15, 0.2) is 5.82 Å². The van der Waals surface area contributed by atoms with Crippen LogP contribution in [0.5, 0.6) is 0 Å². The smallest absolute Gasteiger partial charge is 0.328 e. The molecular weight excluding hydrogens is 279 g/mol. The lowest BCUT2D eigenvalue weighted by Crippen LogP contribution is -2.43. The van der Waals surface area contributed by atoms with Crippen LogP contribution in [0.1, 0.15) is 16.1 Å². The molecule has 7 nitrogen and oxygen atoms in total. The number of pyridine rings is 1. The summed E-state index contributed by atoms with van der Waals surface area (Å²) in [7, 11) is 1.21. The maximum Gasteiger partial charge on any atom is 0.328 e. The maximum absolute atomic E-state index is 13.5. The fourth-order valence-electron chi connectivity index (χ4n) is 1.75. The minimum atomic E-state index is -0.949. The molecule has 0 aliphatic rings. The molecule has 0 saturated heterocycles. The second kappa shape index (κ2) is 6.60. The summed E-state index contributed by atoms with van der Waals surface area (Å²) < 4.78 is 18.1. The minimum Gasteiger partial charge on any atom is -0.467 e. The number of carbonyl (C=O) groups is 2. The third-order valence-corrected chi connectivity index (χ3v) is 2.79. The quantitative estimate of drug-likeness (QED) is 0.780. The predicted molar refractivity (Wildman–Crippen MR) is 69.8 cm³/mol. The number of nitrogens with one attached hydrogen (secondary N) is 2. The summed E-state index contributed by atoms with van der Waals surface area (Å²) in [5.74, 6) is -2.11. The van der Waals surface area contributed by atoms with Gasteiger partial charge in [0.2, 0.25) is 0 Å². The third-order valence-electron chi connectivity index (χ3n) is 2.79. The van der Waals surface area contributed by atoms with E-state index in [0.717, 1.165) is 6.20 Å². The Morgan fingerprint density at radius 3 is 2.86 bits per heavy atom. The summed E-state index contributed by atoms with van der Waals surface area (Å²) in [5, 5.41) is 2.43. The Morgan fingerprint density at radius 2 is 2.24 bits per heavy atom. The average molecular weight is 292 g/mol. The van der Waals surface area contributed by atoms with E-state index < -0.39 is 23.7 Å². The zero-order valence-electron chi connectivity index (χ0n) is 11.2. The van der Waals surface area contributed by atoms with Gasteiger partial charge >= 0.3 is 5.97 Å². The zero-order chi connectivity index (χ0) is 15.2. The van der Waals surface area contributed by atoms with Crippen LogP contribution in [0.25, 0.3) is 0 Å². The van der Waals surface area contributed by atoms with E-state index in [2.05, 4.69) is 25.0 Å². The van der Waals surface area contributed by atoms with Crippen LogP contribution in [0.2, 0.25) is 0 Å². The Kier molecular flexibility index (Phi) is 4.60. The highest BCUT2D eigenvalue weighted by atomic mass is 19.1. The van der Waals surface area contributed by atoms with Gasteiger partial charge in [0.05, 0.1) is 25.2 Å². The van der Waals surface area contributed by atoms with Crippen molar-refractivity contribution >= 4 is 11.9 Å². The van der Waals surface area contributed by atoms with E-state index >= 15 is 0 Å². The molecule has 0 aliphatic carbocycles. The molecule has 21 heavy (non-hydrogen) atoms. The Labute approximate surface area is 119 Å². The number of H-pyrrole nitrogens is 1.